The van der Waals surface area contributed by atoms with E-state index in [2.05, 4.69) is 0 Å². The van der Waals surface area contributed by atoms with Gasteiger partial charge in [0.05, 0.1) is 5.02 Å². The first-order valence-electron chi connectivity index (χ1n) is 3.71. The Morgan fingerprint density at radius 3 is 2.77 bits per heavy atom. The van der Waals surface area contributed by atoms with E-state index in [-0.39, 0.29) is 0 Å². The summed E-state index contributed by atoms with van der Waals surface area (Å²) in [4.78, 5) is 0. The molecule has 0 N–H and O–H groups in total. The molecule has 13 heavy (non-hydrogen) atoms. The fourth-order valence-corrected chi connectivity index (χ4v) is 2.26. The summed E-state index contributed by atoms with van der Waals surface area (Å²) in [5.41, 5.74) is 0. The van der Waals surface area contributed by atoms with Gasteiger partial charge in [0.25, 0.3) is 0 Å². The van der Waals surface area contributed by atoms with Crippen LogP contribution in [0.5, 0.6) is 0 Å². The molecule has 1 unspecified atom stereocenters. The highest BCUT2D eigenvalue weighted by Crippen LogP contribution is 2.29. The average molecular weight is 238 g/mol. The summed E-state index contributed by atoms with van der Waals surface area (Å²) in [7, 11) is -1.88. The summed E-state index contributed by atoms with van der Waals surface area (Å²) in [5, 5.41) is 1.15. The summed E-state index contributed by atoms with van der Waals surface area (Å²) in [6.45, 7) is 2.16. The van der Waals surface area contributed by atoms with Crippen LogP contribution < -0.4 is 5.30 Å². The van der Waals surface area contributed by atoms with Gasteiger partial charge in [-0.25, -0.2) is 0 Å². The molecular formula is C8H8Cl2O2P+. The van der Waals surface area contributed by atoms with Crippen molar-refractivity contribution in [1.82, 2.24) is 0 Å². The Bertz CT molecular complexity index is 328. The number of hydrogen-bond acceptors (Lipinski definition) is 2. The molecular weight excluding hydrogens is 230 g/mol. The first-order valence-corrected chi connectivity index (χ1v) is 5.64. The van der Waals surface area contributed by atoms with Crippen LogP contribution in [0.15, 0.2) is 18.2 Å². The third-order valence-corrected chi connectivity index (χ3v) is 3.58. The van der Waals surface area contributed by atoms with Crippen molar-refractivity contribution in [2.24, 2.45) is 0 Å². The summed E-state index contributed by atoms with van der Waals surface area (Å²) in [6, 6.07) is 4.97. The van der Waals surface area contributed by atoms with Crippen LogP contribution in [0, 0.1) is 0 Å². The topological polar surface area (TPSA) is 26.3 Å². The van der Waals surface area contributed by atoms with E-state index in [1.54, 1.807) is 25.1 Å². The monoisotopic (exact) mass is 237 g/mol. The molecule has 0 aliphatic rings. The highest BCUT2D eigenvalue weighted by molar-refractivity contribution is 7.48. The van der Waals surface area contributed by atoms with Crippen LogP contribution >= 0.6 is 31.2 Å². The van der Waals surface area contributed by atoms with Crippen molar-refractivity contribution in [3.8, 4) is 0 Å². The van der Waals surface area contributed by atoms with Gasteiger partial charge in [-0.3, -0.25) is 0 Å². The van der Waals surface area contributed by atoms with Gasteiger partial charge in [0.1, 0.15) is 11.6 Å². The lowest BCUT2D eigenvalue weighted by Gasteiger charge is -1.93. The molecule has 0 fully saturated rings. The number of benzene rings is 1. The smallest absolute Gasteiger partial charge is 0.142 e. The Morgan fingerprint density at radius 2 is 2.15 bits per heavy atom. The van der Waals surface area contributed by atoms with E-state index < -0.39 is 8.03 Å². The molecule has 0 saturated carbocycles. The predicted molar refractivity (Wildman–Crippen MR) is 55.3 cm³/mol. The zero-order chi connectivity index (χ0) is 9.84. The average Bonchev–Trinajstić information content (AvgIpc) is 2.10. The van der Waals surface area contributed by atoms with Gasteiger partial charge in [-0.2, -0.15) is 0 Å². The molecule has 2 nitrogen and oxygen atoms in total. The van der Waals surface area contributed by atoms with E-state index in [4.69, 9.17) is 27.7 Å². The number of halogens is 2. The molecule has 0 spiro atoms. The fourth-order valence-electron chi connectivity index (χ4n) is 0.820. The van der Waals surface area contributed by atoms with Gasteiger partial charge < -0.3 is 0 Å². The van der Waals surface area contributed by atoms with Gasteiger partial charge in [-0.1, -0.05) is 29.3 Å². The van der Waals surface area contributed by atoms with Crippen LogP contribution in [0.25, 0.3) is 0 Å². The maximum absolute atomic E-state index is 11.4. The van der Waals surface area contributed by atoms with Crippen molar-refractivity contribution < 1.29 is 9.09 Å². The van der Waals surface area contributed by atoms with Crippen molar-refractivity contribution in [2.45, 2.75) is 6.92 Å². The predicted octanol–water partition coefficient (Wildman–Crippen LogP) is 3.40. The SMILES string of the molecule is CCO[P+](=O)c1cccc(Cl)c1Cl. The maximum atomic E-state index is 11.4. The molecule has 70 valence electrons. The minimum Gasteiger partial charge on any atom is -0.142 e. The Morgan fingerprint density at radius 1 is 1.46 bits per heavy atom. The lowest BCUT2D eigenvalue weighted by molar-refractivity contribution is 0.357. The Labute approximate surface area is 87.7 Å². The highest BCUT2D eigenvalue weighted by atomic mass is 35.5. The second-order valence-electron chi connectivity index (χ2n) is 2.25. The van der Waals surface area contributed by atoms with Gasteiger partial charge in [-0.05, 0) is 23.6 Å². The van der Waals surface area contributed by atoms with Crippen LogP contribution in [-0.2, 0) is 9.09 Å². The zero-order valence-corrected chi connectivity index (χ0v) is 9.37. The molecule has 0 heterocycles. The number of rotatable bonds is 3. The first-order chi connectivity index (χ1) is 6.16. The van der Waals surface area contributed by atoms with Crippen LogP contribution in [0.4, 0.5) is 0 Å². The zero-order valence-electron chi connectivity index (χ0n) is 6.96. The lowest BCUT2D eigenvalue weighted by atomic mass is 10.4. The Kier molecular flexibility index (Phi) is 4.14. The van der Waals surface area contributed by atoms with Crippen LogP contribution in [0.2, 0.25) is 10.0 Å². The molecule has 1 aromatic rings. The van der Waals surface area contributed by atoms with E-state index in [9.17, 15) is 4.57 Å². The molecule has 1 aromatic carbocycles. The standard InChI is InChI=1S/C8H8Cl2O2P/c1-2-12-13(11)7-5-3-4-6(9)8(7)10/h3-5H,2H2,1H3/q+1. The second-order valence-corrected chi connectivity index (χ2v) is 4.29. The third-order valence-electron chi connectivity index (χ3n) is 1.37. The van der Waals surface area contributed by atoms with E-state index in [1.807, 2.05) is 0 Å². The number of hydrogen-bond donors (Lipinski definition) is 0. The van der Waals surface area contributed by atoms with Crippen molar-refractivity contribution in [3.63, 3.8) is 0 Å². The van der Waals surface area contributed by atoms with Crippen LogP contribution in [0.1, 0.15) is 6.92 Å². The summed E-state index contributed by atoms with van der Waals surface area (Å²) in [6.07, 6.45) is 0. The van der Waals surface area contributed by atoms with E-state index in [0.717, 1.165) is 0 Å². The first kappa shape index (κ1) is 10.9. The molecule has 5 heteroatoms. The molecule has 1 rings (SSSR count). The summed E-state index contributed by atoms with van der Waals surface area (Å²) < 4.78 is 16.3. The molecule has 1 atom stereocenters. The molecule has 0 aromatic heterocycles. The minimum atomic E-state index is -1.88. The van der Waals surface area contributed by atoms with E-state index >= 15 is 0 Å². The molecule has 0 bridgehead atoms. The summed E-state index contributed by atoms with van der Waals surface area (Å²) >= 11 is 11.6. The second kappa shape index (κ2) is 4.92. The minimum absolute atomic E-state index is 0.304. The molecule has 0 saturated heterocycles. The van der Waals surface area contributed by atoms with Crippen LogP contribution in [0.3, 0.4) is 0 Å². The van der Waals surface area contributed by atoms with Gasteiger partial charge in [0.2, 0.25) is 5.30 Å². The normalized spacial score (nSPS) is 11.5. The van der Waals surface area contributed by atoms with Crippen LogP contribution in [-0.4, -0.2) is 6.61 Å². The molecule has 0 radical (unpaired) electrons. The van der Waals surface area contributed by atoms with Crippen molar-refractivity contribution in [1.29, 1.82) is 0 Å². The third kappa shape index (κ3) is 2.65. The lowest BCUT2D eigenvalue weighted by Crippen LogP contribution is -2.00. The van der Waals surface area contributed by atoms with Crippen molar-refractivity contribution in [2.75, 3.05) is 6.61 Å². The van der Waals surface area contributed by atoms with Gasteiger partial charge in [0, 0.05) is 0 Å². The fraction of sp³-hybridized carbons (Fsp3) is 0.250. The Balaban J connectivity index is 3.01. The van der Waals surface area contributed by atoms with Gasteiger partial charge >= 0.3 is 8.03 Å². The maximum Gasteiger partial charge on any atom is 0.550 e. The van der Waals surface area contributed by atoms with Gasteiger partial charge in [0.15, 0.2) is 0 Å². The highest BCUT2D eigenvalue weighted by Gasteiger charge is 2.26. The van der Waals surface area contributed by atoms with Crippen molar-refractivity contribution in [3.05, 3.63) is 28.2 Å². The Hall–Kier alpha value is -0.140. The van der Waals surface area contributed by atoms with E-state index in [1.165, 1.54) is 0 Å². The molecule has 0 aliphatic heterocycles. The quantitative estimate of drug-likeness (QED) is 0.754. The summed E-state index contributed by atoms with van der Waals surface area (Å²) in [5.74, 6) is 0. The van der Waals surface area contributed by atoms with E-state index in [0.29, 0.717) is 22.0 Å². The molecule has 0 amide bonds. The van der Waals surface area contributed by atoms with Gasteiger partial charge in [-0.15, -0.1) is 4.52 Å². The van der Waals surface area contributed by atoms with Crippen molar-refractivity contribution >= 4 is 36.5 Å². The molecule has 0 aliphatic carbocycles. The largest absolute Gasteiger partial charge is 0.550 e.